The van der Waals surface area contributed by atoms with Gasteiger partial charge in [0, 0.05) is 23.9 Å². The molecule has 0 spiro atoms. The summed E-state index contributed by atoms with van der Waals surface area (Å²) in [6.07, 6.45) is 2.96. The average Bonchev–Trinajstić information content (AvgIpc) is 2.60. The molecule has 1 N–H and O–H groups in total. The van der Waals surface area contributed by atoms with E-state index < -0.39 is 10.8 Å². The first kappa shape index (κ1) is 18.0. The zero-order valence-corrected chi connectivity index (χ0v) is 13.9. The maximum Gasteiger partial charge on any atom is 0.271 e. The molecule has 2 aromatic carbocycles. The number of anilines is 1. The summed E-state index contributed by atoms with van der Waals surface area (Å²) < 4.78 is 10.7. The summed E-state index contributed by atoms with van der Waals surface area (Å²) >= 11 is 0. The van der Waals surface area contributed by atoms with E-state index in [9.17, 15) is 14.9 Å². The Bertz CT molecular complexity index is 802. The second-order valence-electron chi connectivity index (χ2n) is 4.97. The maximum absolute atomic E-state index is 12.0. The third-order valence-electron chi connectivity index (χ3n) is 3.24. The molecule has 0 saturated carbocycles. The van der Waals surface area contributed by atoms with Crippen LogP contribution in [0, 0.1) is 10.1 Å². The van der Waals surface area contributed by atoms with E-state index in [2.05, 4.69) is 5.32 Å². The molecule has 0 saturated heterocycles. The number of amides is 1. The molecule has 0 bridgehead atoms. The van der Waals surface area contributed by atoms with Crippen LogP contribution >= 0.6 is 0 Å². The molecule has 7 nitrogen and oxygen atoms in total. The number of hydrogen-bond acceptors (Lipinski definition) is 5. The SMILES string of the molecule is CCOc1cc(/C=C/C(=O)Nc2cccc([N+](=O)[O-])c2)ccc1OC. The highest BCUT2D eigenvalue weighted by atomic mass is 16.6. The summed E-state index contributed by atoms with van der Waals surface area (Å²) in [7, 11) is 1.56. The van der Waals surface area contributed by atoms with Gasteiger partial charge in [0.25, 0.3) is 5.69 Å². The molecule has 130 valence electrons. The van der Waals surface area contributed by atoms with Crippen molar-refractivity contribution in [3.63, 3.8) is 0 Å². The molecule has 2 rings (SSSR count). The minimum atomic E-state index is -0.516. The van der Waals surface area contributed by atoms with E-state index in [1.165, 1.54) is 24.3 Å². The second kappa shape index (κ2) is 8.49. The lowest BCUT2D eigenvalue weighted by molar-refractivity contribution is -0.384. The lowest BCUT2D eigenvalue weighted by Gasteiger charge is -2.09. The Morgan fingerprint density at radius 2 is 2.04 bits per heavy atom. The Morgan fingerprint density at radius 1 is 1.24 bits per heavy atom. The van der Waals surface area contributed by atoms with Crippen LogP contribution in [0.5, 0.6) is 11.5 Å². The fourth-order valence-electron chi connectivity index (χ4n) is 2.12. The van der Waals surface area contributed by atoms with Crippen LogP contribution in [0.25, 0.3) is 6.08 Å². The van der Waals surface area contributed by atoms with Gasteiger partial charge in [-0.15, -0.1) is 0 Å². The Hall–Kier alpha value is -3.35. The zero-order chi connectivity index (χ0) is 18.2. The Morgan fingerprint density at radius 3 is 2.72 bits per heavy atom. The van der Waals surface area contributed by atoms with Gasteiger partial charge in [-0.3, -0.25) is 14.9 Å². The molecule has 1 amide bonds. The molecule has 0 atom stereocenters. The fourth-order valence-corrected chi connectivity index (χ4v) is 2.12. The predicted molar refractivity (Wildman–Crippen MR) is 94.9 cm³/mol. The van der Waals surface area contributed by atoms with E-state index in [1.54, 1.807) is 37.5 Å². The monoisotopic (exact) mass is 342 g/mol. The van der Waals surface area contributed by atoms with Crippen LogP contribution in [0.3, 0.4) is 0 Å². The van der Waals surface area contributed by atoms with E-state index in [0.29, 0.717) is 23.8 Å². The van der Waals surface area contributed by atoms with Gasteiger partial charge < -0.3 is 14.8 Å². The highest BCUT2D eigenvalue weighted by Crippen LogP contribution is 2.28. The highest BCUT2D eigenvalue weighted by molar-refractivity contribution is 6.02. The first-order chi connectivity index (χ1) is 12.0. The molecule has 25 heavy (non-hydrogen) atoms. The molecule has 2 aromatic rings. The molecule has 0 unspecified atom stereocenters. The van der Waals surface area contributed by atoms with Gasteiger partial charge >= 0.3 is 0 Å². The summed E-state index contributed by atoms with van der Waals surface area (Å²) in [5, 5.41) is 13.3. The molecular formula is C18H18N2O5. The number of carbonyl (C=O) groups is 1. The fraction of sp³-hybridized carbons (Fsp3) is 0.167. The van der Waals surface area contributed by atoms with Gasteiger partial charge in [0.1, 0.15) is 0 Å². The van der Waals surface area contributed by atoms with Crippen molar-refractivity contribution in [2.45, 2.75) is 6.92 Å². The Kier molecular flexibility index (Phi) is 6.11. The van der Waals surface area contributed by atoms with Crippen LogP contribution in [0.1, 0.15) is 12.5 Å². The molecule has 0 aliphatic rings. The van der Waals surface area contributed by atoms with E-state index in [4.69, 9.17) is 9.47 Å². The van der Waals surface area contributed by atoms with Crippen molar-refractivity contribution in [3.8, 4) is 11.5 Å². The lowest BCUT2D eigenvalue weighted by Crippen LogP contribution is -2.07. The van der Waals surface area contributed by atoms with E-state index in [1.807, 2.05) is 6.92 Å². The van der Waals surface area contributed by atoms with Gasteiger partial charge in [0.15, 0.2) is 11.5 Å². The summed E-state index contributed by atoms with van der Waals surface area (Å²) in [4.78, 5) is 22.2. The van der Waals surface area contributed by atoms with Crippen LogP contribution in [0.15, 0.2) is 48.5 Å². The summed E-state index contributed by atoms with van der Waals surface area (Å²) in [5.74, 6) is 0.806. The number of hydrogen-bond donors (Lipinski definition) is 1. The maximum atomic E-state index is 12.0. The van der Waals surface area contributed by atoms with Crippen LogP contribution in [-0.2, 0) is 4.79 Å². The Balaban J connectivity index is 2.08. The number of benzene rings is 2. The number of carbonyl (C=O) groups excluding carboxylic acids is 1. The quantitative estimate of drug-likeness (QED) is 0.471. The zero-order valence-electron chi connectivity index (χ0n) is 13.9. The van der Waals surface area contributed by atoms with Crippen molar-refractivity contribution in [1.29, 1.82) is 0 Å². The van der Waals surface area contributed by atoms with Crippen molar-refractivity contribution < 1.29 is 19.2 Å². The largest absolute Gasteiger partial charge is 0.493 e. The van der Waals surface area contributed by atoms with E-state index >= 15 is 0 Å². The van der Waals surface area contributed by atoms with Crippen LogP contribution < -0.4 is 14.8 Å². The standard InChI is InChI=1S/C18H18N2O5/c1-3-25-17-11-13(7-9-16(17)24-2)8-10-18(21)19-14-5-4-6-15(12-14)20(22)23/h4-12H,3H2,1-2H3,(H,19,21)/b10-8+. The molecule has 0 aromatic heterocycles. The van der Waals surface area contributed by atoms with Gasteiger partial charge in [-0.2, -0.15) is 0 Å². The molecular weight excluding hydrogens is 324 g/mol. The number of non-ortho nitro benzene ring substituents is 1. The second-order valence-corrected chi connectivity index (χ2v) is 4.97. The normalized spacial score (nSPS) is 10.5. The van der Waals surface area contributed by atoms with Gasteiger partial charge in [0.05, 0.1) is 18.6 Å². The van der Waals surface area contributed by atoms with E-state index in [0.717, 1.165) is 5.56 Å². The molecule has 0 radical (unpaired) electrons. The average molecular weight is 342 g/mol. The van der Waals surface area contributed by atoms with Crippen molar-refractivity contribution >= 4 is 23.4 Å². The van der Waals surface area contributed by atoms with Gasteiger partial charge in [0.2, 0.25) is 5.91 Å². The smallest absolute Gasteiger partial charge is 0.271 e. The Labute approximate surface area is 145 Å². The number of nitrogens with one attached hydrogen (secondary N) is 1. The highest BCUT2D eigenvalue weighted by Gasteiger charge is 2.07. The van der Waals surface area contributed by atoms with Gasteiger partial charge in [-0.05, 0) is 36.8 Å². The van der Waals surface area contributed by atoms with Gasteiger partial charge in [-0.1, -0.05) is 12.1 Å². The van der Waals surface area contributed by atoms with Crippen molar-refractivity contribution in [3.05, 3.63) is 64.2 Å². The summed E-state index contributed by atoms with van der Waals surface area (Å²) in [5.41, 5.74) is 1.03. The number of methoxy groups -OCH3 is 1. The first-order valence-electron chi connectivity index (χ1n) is 7.58. The summed E-state index contributed by atoms with van der Waals surface area (Å²) in [6.45, 7) is 2.37. The minimum Gasteiger partial charge on any atom is -0.493 e. The van der Waals surface area contributed by atoms with Gasteiger partial charge in [-0.25, -0.2) is 0 Å². The van der Waals surface area contributed by atoms with Crippen molar-refractivity contribution in [2.75, 3.05) is 19.0 Å². The topological polar surface area (TPSA) is 90.7 Å². The lowest BCUT2D eigenvalue weighted by atomic mass is 10.2. The molecule has 0 fully saturated rings. The molecule has 7 heteroatoms. The van der Waals surface area contributed by atoms with E-state index in [-0.39, 0.29) is 5.69 Å². The number of rotatable bonds is 7. The van der Waals surface area contributed by atoms with Crippen molar-refractivity contribution in [2.24, 2.45) is 0 Å². The van der Waals surface area contributed by atoms with Crippen LogP contribution in [-0.4, -0.2) is 24.5 Å². The van der Waals surface area contributed by atoms with Crippen LogP contribution in [0.4, 0.5) is 11.4 Å². The number of nitro groups is 1. The third-order valence-corrected chi connectivity index (χ3v) is 3.24. The predicted octanol–water partition coefficient (Wildman–Crippen LogP) is 3.65. The molecule has 0 aliphatic carbocycles. The molecule has 0 aliphatic heterocycles. The first-order valence-corrected chi connectivity index (χ1v) is 7.58. The minimum absolute atomic E-state index is 0.0849. The third kappa shape index (κ3) is 5.07. The number of nitro benzene ring substituents is 1. The van der Waals surface area contributed by atoms with Crippen molar-refractivity contribution in [1.82, 2.24) is 0 Å². The summed E-state index contributed by atoms with van der Waals surface area (Å²) in [6, 6.07) is 11.1. The van der Waals surface area contributed by atoms with Crippen LogP contribution in [0.2, 0.25) is 0 Å². The molecule has 0 heterocycles. The number of nitrogens with zero attached hydrogens (tertiary/aromatic N) is 1. The number of ether oxygens (including phenoxy) is 2.